The number of carboxylic acids is 2. The lowest BCUT2D eigenvalue weighted by Crippen LogP contribution is -2.01. The number of aromatic carboxylic acids is 2. The number of hydrogen-bond donors (Lipinski definition) is 2. The highest BCUT2D eigenvalue weighted by molar-refractivity contribution is 5.92. The van der Waals surface area contributed by atoms with Crippen molar-refractivity contribution in [3.8, 4) is 0 Å². The first kappa shape index (κ1) is 30.9. The van der Waals surface area contributed by atoms with Crippen LogP contribution in [-0.4, -0.2) is 32.0 Å². The highest BCUT2D eigenvalue weighted by atomic mass is 16.6. The Hall–Kier alpha value is -3.82. The molecule has 0 fully saturated rings. The summed E-state index contributed by atoms with van der Waals surface area (Å²) in [7, 11) is 0. The average Bonchev–Trinajstić information content (AvgIpc) is 2.78. The van der Waals surface area contributed by atoms with Crippen LogP contribution in [0.1, 0.15) is 62.3 Å². The van der Waals surface area contributed by atoms with Gasteiger partial charge in [0.1, 0.15) is 5.56 Å². The van der Waals surface area contributed by atoms with Gasteiger partial charge in [0.05, 0.1) is 15.4 Å². The van der Waals surface area contributed by atoms with Crippen molar-refractivity contribution in [3.63, 3.8) is 0 Å². The Kier molecular flexibility index (Phi) is 19.1. The molecule has 0 heterocycles. The van der Waals surface area contributed by atoms with Crippen LogP contribution in [0.4, 0.5) is 11.4 Å². The maximum Gasteiger partial charge on any atom is 0.342 e. The third kappa shape index (κ3) is 11.8. The summed E-state index contributed by atoms with van der Waals surface area (Å²) in [5.41, 5.74) is -0.742. The first-order valence-electron chi connectivity index (χ1n) is 9.18. The van der Waals surface area contributed by atoms with Crippen LogP contribution in [0, 0.1) is 20.2 Å². The van der Waals surface area contributed by atoms with Crippen molar-refractivity contribution in [1.82, 2.24) is 0 Å². The summed E-state index contributed by atoms with van der Waals surface area (Å²) in [6.45, 7) is 12.0. The fourth-order valence-electron chi connectivity index (χ4n) is 1.54. The molecule has 10 heteroatoms. The molecular formula is C20H28N2O8. The summed E-state index contributed by atoms with van der Waals surface area (Å²) < 4.78 is 0. The zero-order valence-electron chi connectivity index (χ0n) is 17.9. The van der Waals surface area contributed by atoms with E-state index in [1.165, 1.54) is 30.3 Å². The zero-order valence-corrected chi connectivity index (χ0v) is 17.9. The molecule has 30 heavy (non-hydrogen) atoms. The largest absolute Gasteiger partial charge is 0.478 e. The van der Waals surface area contributed by atoms with Gasteiger partial charge in [-0.1, -0.05) is 53.7 Å². The molecule has 0 aliphatic carbocycles. The van der Waals surface area contributed by atoms with E-state index in [1.807, 2.05) is 41.5 Å². The minimum absolute atomic E-state index is 0.0422. The van der Waals surface area contributed by atoms with Gasteiger partial charge in [0.2, 0.25) is 0 Å². The number of non-ortho nitro benzene ring substituents is 1. The van der Waals surface area contributed by atoms with Crippen molar-refractivity contribution >= 4 is 23.3 Å². The highest BCUT2D eigenvalue weighted by Gasteiger charge is 2.17. The van der Waals surface area contributed by atoms with Crippen molar-refractivity contribution in [2.75, 3.05) is 0 Å². The number of nitro groups is 2. The Bertz CT molecular complexity index is 724. The molecule has 0 unspecified atom stereocenters. The van der Waals surface area contributed by atoms with Gasteiger partial charge in [0.15, 0.2) is 0 Å². The van der Waals surface area contributed by atoms with E-state index in [9.17, 15) is 29.8 Å². The van der Waals surface area contributed by atoms with Crippen LogP contribution in [0.15, 0.2) is 48.5 Å². The van der Waals surface area contributed by atoms with Gasteiger partial charge in [0.25, 0.3) is 11.4 Å². The normalized spacial score (nSPS) is 8.07. The molecule has 0 saturated heterocycles. The summed E-state index contributed by atoms with van der Waals surface area (Å²) in [6.07, 6.45) is 0. The van der Waals surface area contributed by atoms with E-state index in [-0.39, 0.29) is 22.5 Å². The summed E-state index contributed by atoms with van der Waals surface area (Å²) in [6, 6.07) is 9.92. The number of hydrogen-bond acceptors (Lipinski definition) is 6. The second-order valence-corrected chi connectivity index (χ2v) is 4.19. The van der Waals surface area contributed by atoms with Crippen LogP contribution >= 0.6 is 0 Å². The number of benzene rings is 2. The maximum absolute atomic E-state index is 10.4. The fourth-order valence-corrected chi connectivity index (χ4v) is 1.54. The van der Waals surface area contributed by atoms with Gasteiger partial charge < -0.3 is 10.2 Å². The van der Waals surface area contributed by atoms with E-state index in [2.05, 4.69) is 0 Å². The first-order valence-corrected chi connectivity index (χ1v) is 9.18. The SMILES string of the molecule is CC.CC.CC.O=C(O)c1ccc([N+](=O)[O-])cc1.O=C(O)c1ccccc1[N+](=O)[O-]. The number of carboxylic acid groups (broad SMARTS) is 2. The van der Waals surface area contributed by atoms with E-state index in [4.69, 9.17) is 10.2 Å². The maximum atomic E-state index is 10.4. The third-order valence-electron chi connectivity index (χ3n) is 2.66. The monoisotopic (exact) mass is 424 g/mol. The molecular weight excluding hydrogens is 396 g/mol. The molecule has 2 aromatic rings. The standard InChI is InChI=1S/2C7H5NO4.3C2H6/c9-7(10)5-1-3-6(4-2-5)8(11)12;9-7(10)5-3-1-2-4-6(5)8(11)12;3*1-2/h2*1-4H,(H,9,10);3*1-2H3. The van der Waals surface area contributed by atoms with Crippen LogP contribution in [0.2, 0.25) is 0 Å². The van der Waals surface area contributed by atoms with E-state index < -0.39 is 21.8 Å². The van der Waals surface area contributed by atoms with E-state index in [0.29, 0.717) is 0 Å². The van der Waals surface area contributed by atoms with Gasteiger partial charge in [-0.2, -0.15) is 0 Å². The first-order chi connectivity index (χ1) is 14.2. The summed E-state index contributed by atoms with van der Waals surface area (Å²) in [5, 5.41) is 37.4. The molecule has 0 aromatic heterocycles. The van der Waals surface area contributed by atoms with E-state index in [1.54, 1.807) is 0 Å². The molecule has 0 amide bonds. The van der Waals surface area contributed by atoms with Crippen molar-refractivity contribution < 1.29 is 29.6 Å². The summed E-state index contributed by atoms with van der Waals surface area (Å²) >= 11 is 0. The average molecular weight is 424 g/mol. The molecule has 0 bridgehead atoms. The second kappa shape index (κ2) is 18.5. The molecule has 0 spiro atoms. The molecule has 0 atom stereocenters. The number of carbonyl (C=O) groups is 2. The number of nitro benzene ring substituents is 2. The molecule has 0 aliphatic rings. The van der Waals surface area contributed by atoms with Crippen molar-refractivity contribution in [1.29, 1.82) is 0 Å². The Balaban J connectivity index is -0.000000389. The lowest BCUT2D eigenvalue weighted by Gasteiger charge is -1.94. The number of nitrogens with zero attached hydrogens (tertiary/aromatic N) is 2. The molecule has 0 radical (unpaired) electrons. The van der Waals surface area contributed by atoms with Crippen LogP contribution in [-0.2, 0) is 0 Å². The van der Waals surface area contributed by atoms with Crippen molar-refractivity contribution in [2.45, 2.75) is 41.5 Å². The van der Waals surface area contributed by atoms with Gasteiger partial charge >= 0.3 is 11.9 Å². The van der Waals surface area contributed by atoms with Gasteiger partial charge in [-0.3, -0.25) is 20.2 Å². The molecule has 0 saturated carbocycles. The predicted molar refractivity (Wildman–Crippen MR) is 114 cm³/mol. The smallest absolute Gasteiger partial charge is 0.342 e. The van der Waals surface area contributed by atoms with Gasteiger partial charge in [-0.25, -0.2) is 9.59 Å². The molecule has 2 aromatic carbocycles. The molecule has 166 valence electrons. The predicted octanol–water partition coefficient (Wildman–Crippen LogP) is 5.66. The minimum atomic E-state index is -1.29. The van der Waals surface area contributed by atoms with Gasteiger partial charge in [-0.15, -0.1) is 0 Å². The third-order valence-corrected chi connectivity index (χ3v) is 2.66. The minimum Gasteiger partial charge on any atom is -0.478 e. The van der Waals surface area contributed by atoms with Crippen molar-refractivity contribution in [2.24, 2.45) is 0 Å². The Morgan fingerprint density at radius 3 is 1.43 bits per heavy atom. The fraction of sp³-hybridized carbons (Fsp3) is 0.300. The Morgan fingerprint density at radius 1 is 0.700 bits per heavy atom. The molecule has 10 nitrogen and oxygen atoms in total. The topological polar surface area (TPSA) is 161 Å². The van der Waals surface area contributed by atoms with Crippen LogP contribution in [0.5, 0.6) is 0 Å². The van der Waals surface area contributed by atoms with Crippen LogP contribution in [0.3, 0.4) is 0 Å². The second-order valence-electron chi connectivity index (χ2n) is 4.19. The van der Waals surface area contributed by atoms with Gasteiger partial charge in [0, 0.05) is 18.2 Å². The number of para-hydroxylation sites is 1. The molecule has 2 N–H and O–H groups in total. The van der Waals surface area contributed by atoms with Crippen LogP contribution in [0.25, 0.3) is 0 Å². The Labute approximate surface area is 175 Å². The van der Waals surface area contributed by atoms with E-state index >= 15 is 0 Å². The zero-order chi connectivity index (χ0) is 24.3. The quantitative estimate of drug-likeness (QED) is 0.469. The molecule has 2 rings (SSSR count). The Morgan fingerprint density at radius 2 is 1.13 bits per heavy atom. The summed E-state index contributed by atoms with van der Waals surface area (Å²) in [4.78, 5) is 39.8. The van der Waals surface area contributed by atoms with Crippen molar-refractivity contribution in [3.05, 3.63) is 79.9 Å². The molecule has 0 aliphatic heterocycles. The lowest BCUT2D eigenvalue weighted by molar-refractivity contribution is -0.385. The van der Waals surface area contributed by atoms with Gasteiger partial charge in [-0.05, 0) is 18.2 Å². The van der Waals surface area contributed by atoms with Crippen LogP contribution < -0.4 is 0 Å². The summed E-state index contributed by atoms with van der Waals surface area (Å²) in [5.74, 6) is -2.38. The van der Waals surface area contributed by atoms with E-state index in [0.717, 1.165) is 18.2 Å². The number of rotatable bonds is 4. The lowest BCUT2D eigenvalue weighted by atomic mass is 10.2. The highest BCUT2D eigenvalue weighted by Crippen LogP contribution is 2.16.